The first-order valence-electron chi connectivity index (χ1n) is 5.53. The second kappa shape index (κ2) is 4.52. The van der Waals surface area contributed by atoms with E-state index in [1.807, 2.05) is 12.4 Å². The first kappa shape index (κ1) is 10.9. The van der Waals surface area contributed by atoms with Gasteiger partial charge < -0.3 is 4.90 Å². The average Bonchev–Trinajstić information content (AvgIpc) is 2.23. The van der Waals surface area contributed by atoms with Gasteiger partial charge >= 0.3 is 0 Å². The molecule has 1 aromatic heterocycles. The lowest BCUT2D eigenvalue weighted by Gasteiger charge is -2.37. The van der Waals surface area contributed by atoms with E-state index >= 15 is 0 Å². The van der Waals surface area contributed by atoms with E-state index in [1.54, 1.807) is 0 Å². The molecule has 1 fully saturated rings. The third-order valence-electron chi connectivity index (χ3n) is 3.43. The van der Waals surface area contributed by atoms with Crippen LogP contribution in [0.25, 0.3) is 0 Å². The molecule has 0 bridgehead atoms. The quantitative estimate of drug-likeness (QED) is 0.777. The van der Waals surface area contributed by atoms with Crippen molar-refractivity contribution in [1.82, 2.24) is 4.98 Å². The topological polar surface area (TPSA) is 16.1 Å². The zero-order valence-corrected chi connectivity index (χ0v) is 10.9. The van der Waals surface area contributed by atoms with Gasteiger partial charge in [0.2, 0.25) is 0 Å². The molecule has 2 heterocycles. The zero-order chi connectivity index (χ0) is 10.8. The molecule has 2 nitrogen and oxygen atoms in total. The average molecular weight is 269 g/mol. The van der Waals surface area contributed by atoms with Crippen LogP contribution in [0, 0.1) is 11.8 Å². The van der Waals surface area contributed by atoms with Crippen LogP contribution in [-0.2, 0) is 0 Å². The standard InChI is InChI=1S/C12H17BrN2/c1-9-4-6-15(8-10(9)2)12-3-5-14-7-11(12)13/h3,5,7,9-10H,4,6,8H2,1-2H3. The largest absolute Gasteiger partial charge is 0.370 e. The summed E-state index contributed by atoms with van der Waals surface area (Å²) in [4.78, 5) is 6.55. The molecule has 0 N–H and O–H groups in total. The van der Waals surface area contributed by atoms with Crippen molar-refractivity contribution in [3.8, 4) is 0 Å². The Morgan fingerprint density at radius 3 is 2.87 bits per heavy atom. The molecule has 1 saturated heterocycles. The van der Waals surface area contributed by atoms with Gasteiger partial charge in [0.05, 0.1) is 10.2 Å². The van der Waals surface area contributed by atoms with Crippen LogP contribution in [0.15, 0.2) is 22.9 Å². The number of hydrogen-bond donors (Lipinski definition) is 0. The summed E-state index contributed by atoms with van der Waals surface area (Å²) >= 11 is 3.56. The SMILES string of the molecule is CC1CCN(c2ccncc2Br)CC1C. The van der Waals surface area contributed by atoms with Gasteiger partial charge in [-0.25, -0.2) is 0 Å². The van der Waals surface area contributed by atoms with Crippen LogP contribution in [0.1, 0.15) is 20.3 Å². The number of aromatic nitrogens is 1. The van der Waals surface area contributed by atoms with E-state index in [0.29, 0.717) is 0 Å². The lowest BCUT2D eigenvalue weighted by atomic mass is 9.88. The van der Waals surface area contributed by atoms with Crippen molar-refractivity contribution < 1.29 is 0 Å². The maximum absolute atomic E-state index is 4.10. The molecular formula is C12H17BrN2. The van der Waals surface area contributed by atoms with Crippen molar-refractivity contribution in [2.45, 2.75) is 20.3 Å². The summed E-state index contributed by atoms with van der Waals surface area (Å²) < 4.78 is 1.10. The molecule has 1 aromatic rings. The number of hydrogen-bond acceptors (Lipinski definition) is 2. The molecule has 1 aliphatic heterocycles. The molecule has 15 heavy (non-hydrogen) atoms. The minimum Gasteiger partial charge on any atom is -0.370 e. The molecule has 0 saturated carbocycles. The van der Waals surface area contributed by atoms with Crippen molar-refractivity contribution in [1.29, 1.82) is 0 Å². The Labute approximate surface area is 99.8 Å². The van der Waals surface area contributed by atoms with Gasteiger partial charge in [-0.1, -0.05) is 13.8 Å². The molecule has 82 valence electrons. The minimum absolute atomic E-state index is 0.777. The summed E-state index contributed by atoms with van der Waals surface area (Å²) in [5.41, 5.74) is 1.28. The van der Waals surface area contributed by atoms with Crippen LogP contribution in [0.2, 0.25) is 0 Å². The lowest BCUT2D eigenvalue weighted by Crippen LogP contribution is -2.38. The molecule has 0 aliphatic carbocycles. The van der Waals surface area contributed by atoms with Gasteiger partial charge in [0.1, 0.15) is 0 Å². The summed E-state index contributed by atoms with van der Waals surface area (Å²) in [5, 5.41) is 0. The maximum atomic E-state index is 4.10. The van der Waals surface area contributed by atoms with Gasteiger partial charge in [-0.2, -0.15) is 0 Å². The van der Waals surface area contributed by atoms with Gasteiger partial charge in [-0.3, -0.25) is 4.98 Å². The first-order valence-corrected chi connectivity index (χ1v) is 6.32. The summed E-state index contributed by atoms with van der Waals surface area (Å²) in [7, 11) is 0. The number of piperidine rings is 1. The van der Waals surface area contributed by atoms with Crippen LogP contribution in [-0.4, -0.2) is 18.1 Å². The lowest BCUT2D eigenvalue weighted by molar-refractivity contribution is 0.323. The molecule has 0 aromatic carbocycles. The fraction of sp³-hybridized carbons (Fsp3) is 0.583. The number of halogens is 1. The molecule has 2 unspecified atom stereocenters. The second-order valence-electron chi connectivity index (χ2n) is 4.52. The highest BCUT2D eigenvalue weighted by Crippen LogP contribution is 2.30. The van der Waals surface area contributed by atoms with E-state index < -0.39 is 0 Å². The van der Waals surface area contributed by atoms with Gasteiger partial charge in [-0.05, 0) is 40.3 Å². The van der Waals surface area contributed by atoms with Crippen molar-refractivity contribution in [2.75, 3.05) is 18.0 Å². The van der Waals surface area contributed by atoms with Gasteiger partial charge in [-0.15, -0.1) is 0 Å². The van der Waals surface area contributed by atoms with E-state index in [2.05, 4.69) is 45.7 Å². The van der Waals surface area contributed by atoms with Crippen molar-refractivity contribution in [2.24, 2.45) is 11.8 Å². The predicted molar refractivity (Wildman–Crippen MR) is 67.1 cm³/mol. The Morgan fingerprint density at radius 2 is 2.20 bits per heavy atom. The van der Waals surface area contributed by atoms with E-state index in [-0.39, 0.29) is 0 Å². The highest BCUT2D eigenvalue weighted by molar-refractivity contribution is 9.10. The number of pyridine rings is 1. The Kier molecular flexibility index (Phi) is 3.29. The fourth-order valence-electron chi connectivity index (χ4n) is 2.11. The number of rotatable bonds is 1. The molecule has 0 amide bonds. The normalized spacial score (nSPS) is 26.7. The van der Waals surface area contributed by atoms with Crippen LogP contribution in [0.5, 0.6) is 0 Å². The molecule has 2 atom stereocenters. The molecule has 1 aliphatic rings. The summed E-state index contributed by atoms with van der Waals surface area (Å²) in [6.45, 7) is 7.01. The van der Waals surface area contributed by atoms with Crippen LogP contribution in [0.4, 0.5) is 5.69 Å². The summed E-state index contributed by atoms with van der Waals surface area (Å²) in [6.07, 6.45) is 5.02. The highest BCUT2D eigenvalue weighted by atomic mass is 79.9. The van der Waals surface area contributed by atoms with E-state index in [0.717, 1.165) is 29.4 Å². The Morgan fingerprint density at radius 1 is 1.40 bits per heavy atom. The number of nitrogens with zero attached hydrogens (tertiary/aromatic N) is 2. The van der Waals surface area contributed by atoms with Crippen molar-refractivity contribution in [3.63, 3.8) is 0 Å². The van der Waals surface area contributed by atoms with Crippen LogP contribution in [0.3, 0.4) is 0 Å². The first-order chi connectivity index (χ1) is 7.18. The highest BCUT2D eigenvalue weighted by Gasteiger charge is 2.23. The van der Waals surface area contributed by atoms with E-state index in [4.69, 9.17) is 0 Å². The predicted octanol–water partition coefficient (Wildman–Crippen LogP) is 3.33. The van der Waals surface area contributed by atoms with Gasteiger partial charge in [0.15, 0.2) is 0 Å². The van der Waals surface area contributed by atoms with Gasteiger partial charge in [0, 0.05) is 25.5 Å². The van der Waals surface area contributed by atoms with E-state index in [9.17, 15) is 0 Å². The maximum Gasteiger partial charge on any atom is 0.0592 e. The Hall–Kier alpha value is -0.570. The number of anilines is 1. The smallest absolute Gasteiger partial charge is 0.0592 e. The van der Waals surface area contributed by atoms with Gasteiger partial charge in [0.25, 0.3) is 0 Å². The third-order valence-corrected chi connectivity index (χ3v) is 4.04. The zero-order valence-electron chi connectivity index (χ0n) is 9.28. The molecule has 2 rings (SSSR count). The third kappa shape index (κ3) is 2.33. The molecule has 0 spiro atoms. The van der Waals surface area contributed by atoms with E-state index in [1.165, 1.54) is 12.1 Å². The Balaban J connectivity index is 2.15. The van der Waals surface area contributed by atoms with Crippen molar-refractivity contribution in [3.05, 3.63) is 22.9 Å². The Bertz CT molecular complexity index is 340. The summed E-state index contributed by atoms with van der Waals surface area (Å²) in [6, 6.07) is 2.09. The van der Waals surface area contributed by atoms with Crippen LogP contribution >= 0.6 is 15.9 Å². The molecular weight excluding hydrogens is 252 g/mol. The molecule has 3 heteroatoms. The van der Waals surface area contributed by atoms with Crippen molar-refractivity contribution >= 4 is 21.6 Å². The fourth-order valence-corrected chi connectivity index (χ4v) is 2.61. The molecule has 0 radical (unpaired) electrons. The minimum atomic E-state index is 0.777. The monoisotopic (exact) mass is 268 g/mol. The summed E-state index contributed by atoms with van der Waals surface area (Å²) in [5.74, 6) is 1.63. The van der Waals surface area contributed by atoms with Crippen LogP contribution < -0.4 is 4.90 Å². The second-order valence-corrected chi connectivity index (χ2v) is 5.37.